The number of carbonyl (C=O) groups is 2. The highest BCUT2D eigenvalue weighted by molar-refractivity contribution is 5.76. The number of aliphatic hydroxyl groups is 2. The molecule has 0 saturated heterocycles. The number of rotatable bonds is 54. The number of hydrogen-bond donors (Lipinski definition) is 3. The zero-order valence-corrected chi connectivity index (χ0v) is 44.6. The van der Waals surface area contributed by atoms with Crippen molar-refractivity contribution in [3.8, 4) is 0 Å². The largest absolute Gasteiger partial charge is 0.466 e. The maximum atomic E-state index is 12.5. The minimum absolute atomic E-state index is 0.0303. The fourth-order valence-corrected chi connectivity index (χ4v) is 8.80. The second-order valence-electron chi connectivity index (χ2n) is 20.0. The summed E-state index contributed by atoms with van der Waals surface area (Å²) in [4.78, 5) is 24.5. The van der Waals surface area contributed by atoms with E-state index in [1.165, 1.54) is 173 Å². The summed E-state index contributed by atoms with van der Waals surface area (Å²) in [6.07, 6.45) is 71.0. The van der Waals surface area contributed by atoms with Gasteiger partial charge in [-0.1, -0.05) is 249 Å². The fourth-order valence-electron chi connectivity index (χ4n) is 8.80. The number of esters is 1. The van der Waals surface area contributed by atoms with Crippen LogP contribution in [0.1, 0.15) is 303 Å². The Hall–Kier alpha value is -2.18. The highest BCUT2D eigenvalue weighted by Crippen LogP contribution is 2.17. The molecule has 0 spiro atoms. The summed E-state index contributed by atoms with van der Waals surface area (Å²) < 4.78 is 5.44. The number of nitrogens with one attached hydrogen (secondary N) is 1. The monoisotopic (exact) mass is 940 g/mol. The van der Waals surface area contributed by atoms with Gasteiger partial charge in [0.1, 0.15) is 0 Å². The molecule has 0 aliphatic heterocycles. The van der Waals surface area contributed by atoms with Crippen molar-refractivity contribution in [1.29, 1.82) is 0 Å². The first kappa shape index (κ1) is 64.8. The Bertz CT molecular complexity index is 1130. The van der Waals surface area contributed by atoms with Crippen molar-refractivity contribution >= 4 is 11.9 Å². The lowest BCUT2D eigenvalue weighted by atomic mass is 10.0. The molecule has 67 heavy (non-hydrogen) atoms. The topological polar surface area (TPSA) is 95.9 Å². The van der Waals surface area contributed by atoms with Crippen LogP contribution in [-0.2, 0) is 14.3 Å². The molecule has 2 unspecified atom stereocenters. The summed E-state index contributed by atoms with van der Waals surface area (Å²) >= 11 is 0. The van der Waals surface area contributed by atoms with Crippen molar-refractivity contribution in [3.05, 3.63) is 48.6 Å². The van der Waals surface area contributed by atoms with Gasteiger partial charge in [0.25, 0.3) is 0 Å². The molecule has 6 heteroatoms. The van der Waals surface area contributed by atoms with Gasteiger partial charge in [-0.15, -0.1) is 0 Å². The highest BCUT2D eigenvalue weighted by atomic mass is 16.5. The van der Waals surface area contributed by atoms with Crippen LogP contribution in [0.25, 0.3) is 0 Å². The molecule has 1 amide bonds. The molecule has 2 atom stereocenters. The Morgan fingerprint density at radius 3 is 1.18 bits per heavy atom. The highest BCUT2D eigenvalue weighted by Gasteiger charge is 2.20. The van der Waals surface area contributed by atoms with Gasteiger partial charge in [0, 0.05) is 12.8 Å². The Morgan fingerprint density at radius 2 is 0.761 bits per heavy atom. The van der Waals surface area contributed by atoms with E-state index in [2.05, 4.69) is 67.8 Å². The van der Waals surface area contributed by atoms with Crippen molar-refractivity contribution in [2.24, 2.45) is 0 Å². The minimum atomic E-state index is -0.677. The molecule has 0 rings (SSSR count). The van der Waals surface area contributed by atoms with E-state index in [-0.39, 0.29) is 18.5 Å². The van der Waals surface area contributed by atoms with Crippen LogP contribution in [0.2, 0.25) is 0 Å². The van der Waals surface area contributed by atoms with Crippen molar-refractivity contribution in [3.63, 3.8) is 0 Å². The molecule has 0 aliphatic carbocycles. The van der Waals surface area contributed by atoms with Gasteiger partial charge >= 0.3 is 5.97 Å². The van der Waals surface area contributed by atoms with Gasteiger partial charge in [-0.3, -0.25) is 9.59 Å². The van der Waals surface area contributed by atoms with Crippen molar-refractivity contribution in [1.82, 2.24) is 5.32 Å². The molecule has 392 valence electrons. The molecule has 6 nitrogen and oxygen atoms in total. The van der Waals surface area contributed by atoms with E-state index in [0.717, 1.165) is 96.3 Å². The Kier molecular flexibility index (Phi) is 54.6. The standard InChI is InChI=1S/C61H113NO5/c1-3-5-7-9-11-13-15-17-19-20-21-23-26-29-33-37-41-45-49-53-59(64)58(57-63)62-60(65)54-50-46-42-38-34-30-27-24-22-25-28-32-36-40-44-48-52-56-67-61(66)55-51-47-43-39-35-31-18-16-14-12-10-8-6-4-2/h10,12,16,18,22,25,32,36,58-59,63-64H,3-9,11,13-15,17,19-21,23-24,26-31,33-35,37-57H2,1-2H3,(H,62,65)/b12-10-,18-16-,25-22-,36-32-. The van der Waals surface area contributed by atoms with Crippen LogP contribution in [0.4, 0.5) is 0 Å². The fraction of sp³-hybridized carbons (Fsp3) is 0.836. The van der Waals surface area contributed by atoms with Gasteiger partial charge in [0.05, 0.1) is 25.4 Å². The van der Waals surface area contributed by atoms with Crippen molar-refractivity contribution in [2.45, 2.75) is 315 Å². The lowest BCUT2D eigenvalue weighted by molar-refractivity contribution is -0.143. The summed E-state index contributed by atoms with van der Waals surface area (Å²) in [5, 5.41) is 23.3. The summed E-state index contributed by atoms with van der Waals surface area (Å²) in [7, 11) is 0. The molecule has 0 aliphatic rings. The van der Waals surface area contributed by atoms with Crippen molar-refractivity contribution in [2.75, 3.05) is 13.2 Å². The molecule has 0 fully saturated rings. The van der Waals surface area contributed by atoms with E-state index in [9.17, 15) is 19.8 Å². The first-order valence-electron chi connectivity index (χ1n) is 29.4. The van der Waals surface area contributed by atoms with Crippen LogP contribution in [0.5, 0.6) is 0 Å². The third-order valence-corrected chi connectivity index (χ3v) is 13.4. The average Bonchev–Trinajstić information content (AvgIpc) is 3.33. The normalized spacial score (nSPS) is 13.0. The Balaban J connectivity index is 3.51. The van der Waals surface area contributed by atoms with Crippen molar-refractivity contribution < 1.29 is 24.5 Å². The Morgan fingerprint density at radius 1 is 0.418 bits per heavy atom. The number of aliphatic hydroxyl groups excluding tert-OH is 2. The molecule has 3 N–H and O–H groups in total. The third kappa shape index (κ3) is 53.0. The minimum Gasteiger partial charge on any atom is -0.466 e. The van der Waals surface area contributed by atoms with Crippen LogP contribution in [0.3, 0.4) is 0 Å². The number of unbranched alkanes of at least 4 members (excludes halogenated alkanes) is 35. The van der Waals surface area contributed by atoms with E-state index in [1.54, 1.807) is 0 Å². The van der Waals surface area contributed by atoms with E-state index in [4.69, 9.17) is 4.74 Å². The number of hydrogen-bond acceptors (Lipinski definition) is 5. The predicted octanol–water partition coefficient (Wildman–Crippen LogP) is 18.2. The van der Waals surface area contributed by atoms with E-state index in [0.29, 0.717) is 25.9 Å². The number of allylic oxidation sites excluding steroid dienone is 8. The molecular weight excluding hydrogens is 827 g/mol. The van der Waals surface area contributed by atoms with Gasteiger partial charge in [0.2, 0.25) is 5.91 Å². The first-order chi connectivity index (χ1) is 33.0. The van der Waals surface area contributed by atoms with Crippen LogP contribution in [-0.4, -0.2) is 47.4 Å². The first-order valence-corrected chi connectivity index (χ1v) is 29.4. The lowest BCUT2D eigenvalue weighted by Crippen LogP contribution is -2.45. The van der Waals surface area contributed by atoms with E-state index in [1.807, 2.05) is 0 Å². The van der Waals surface area contributed by atoms with Gasteiger partial charge in [-0.25, -0.2) is 0 Å². The zero-order chi connectivity index (χ0) is 48.6. The molecule has 0 saturated carbocycles. The maximum Gasteiger partial charge on any atom is 0.305 e. The SMILES string of the molecule is CCCC/C=C\C/C=C\CCCCCCCC(=O)OCCCCC/C=C\C/C=C\CCCCCCCCCC(=O)NC(CO)C(O)CCCCCCCCCCCCCCCCCCCCC. The van der Waals surface area contributed by atoms with Crippen LogP contribution >= 0.6 is 0 Å². The smallest absolute Gasteiger partial charge is 0.305 e. The van der Waals surface area contributed by atoms with E-state index >= 15 is 0 Å². The number of amides is 1. The second kappa shape index (κ2) is 56.4. The quantitative estimate of drug-likeness (QED) is 0.0321. The number of carbonyl (C=O) groups excluding carboxylic acids is 2. The molecule has 0 aromatic rings. The molecule has 0 aromatic carbocycles. The van der Waals surface area contributed by atoms with Gasteiger partial charge < -0.3 is 20.3 Å². The second-order valence-corrected chi connectivity index (χ2v) is 20.0. The predicted molar refractivity (Wildman–Crippen MR) is 292 cm³/mol. The van der Waals surface area contributed by atoms with Crippen LogP contribution < -0.4 is 5.32 Å². The van der Waals surface area contributed by atoms with Gasteiger partial charge in [-0.05, 0) is 89.9 Å². The summed E-state index contributed by atoms with van der Waals surface area (Å²) in [6, 6.07) is -0.555. The molecule has 0 radical (unpaired) electrons. The summed E-state index contributed by atoms with van der Waals surface area (Å²) in [5.41, 5.74) is 0. The zero-order valence-electron chi connectivity index (χ0n) is 44.6. The average molecular weight is 941 g/mol. The van der Waals surface area contributed by atoms with Crippen LogP contribution in [0, 0.1) is 0 Å². The lowest BCUT2D eigenvalue weighted by Gasteiger charge is -2.22. The Labute approximate surface area is 416 Å². The van der Waals surface area contributed by atoms with Gasteiger partial charge in [0.15, 0.2) is 0 Å². The van der Waals surface area contributed by atoms with Gasteiger partial charge in [-0.2, -0.15) is 0 Å². The maximum absolute atomic E-state index is 12.5. The van der Waals surface area contributed by atoms with E-state index < -0.39 is 12.1 Å². The third-order valence-electron chi connectivity index (χ3n) is 13.4. The molecule has 0 bridgehead atoms. The summed E-state index contributed by atoms with van der Waals surface area (Å²) in [5.74, 6) is -0.0806. The van der Waals surface area contributed by atoms with Crippen LogP contribution in [0.15, 0.2) is 48.6 Å². The molecule has 0 heterocycles. The number of ether oxygens (including phenoxy) is 1. The molecular formula is C61H113NO5. The molecule has 0 aromatic heterocycles. The summed E-state index contributed by atoms with van der Waals surface area (Å²) in [6.45, 7) is 4.87.